The first-order valence-corrected chi connectivity index (χ1v) is 8.43. The van der Waals surface area contributed by atoms with Crippen LogP contribution in [-0.2, 0) is 11.2 Å². The molecule has 1 saturated carbocycles. The molecule has 0 radical (unpaired) electrons. The summed E-state index contributed by atoms with van der Waals surface area (Å²) in [5, 5.41) is 6.64. The third-order valence-electron chi connectivity index (χ3n) is 4.86. The van der Waals surface area contributed by atoms with Gasteiger partial charge in [-0.15, -0.1) is 0 Å². The Hall–Kier alpha value is -1.35. The van der Waals surface area contributed by atoms with E-state index >= 15 is 0 Å². The van der Waals surface area contributed by atoms with Gasteiger partial charge in [0.2, 0.25) is 5.91 Å². The van der Waals surface area contributed by atoms with Crippen molar-refractivity contribution in [3.05, 3.63) is 35.4 Å². The molecule has 0 spiro atoms. The summed E-state index contributed by atoms with van der Waals surface area (Å²) in [5.41, 5.74) is 2.80. The smallest absolute Gasteiger partial charge is 0.234 e. The van der Waals surface area contributed by atoms with Gasteiger partial charge in [-0.25, -0.2) is 0 Å². The fraction of sp³-hybridized carbons (Fsp3) is 0.611. The van der Waals surface area contributed by atoms with Crippen LogP contribution in [0.2, 0.25) is 0 Å². The average molecular weight is 286 g/mol. The summed E-state index contributed by atoms with van der Waals surface area (Å²) >= 11 is 0. The molecule has 0 aliphatic heterocycles. The predicted molar refractivity (Wildman–Crippen MR) is 85.1 cm³/mol. The molecule has 1 amide bonds. The minimum atomic E-state index is 0.159. The summed E-state index contributed by atoms with van der Waals surface area (Å²) in [4.78, 5) is 12.1. The van der Waals surface area contributed by atoms with Crippen LogP contribution in [-0.4, -0.2) is 18.5 Å². The Morgan fingerprint density at radius 2 is 1.81 bits per heavy atom. The van der Waals surface area contributed by atoms with E-state index in [2.05, 4.69) is 34.9 Å². The number of amides is 1. The molecule has 114 valence electrons. The number of carbonyl (C=O) groups excluding carboxylic acids is 1. The molecule has 3 rings (SSSR count). The average Bonchev–Trinajstić information content (AvgIpc) is 2.74. The van der Waals surface area contributed by atoms with Gasteiger partial charge in [0.15, 0.2) is 0 Å². The predicted octanol–water partition coefficient (Wildman–Crippen LogP) is 3.10. The van der Waals surface area contributed by atoms with Crippen molar-refractivity contribution >= 4 is 5.91 Å². The molecule has 1 atom stereocenters. The summed E-state index contributed by atoms with van der Waals surface area (Å²) in [6.07, 6.45) is 9.69. The number of hydrogen-bond acceptors (Lipinski definition) is 2. The van der Waals surface area contributed by atoms with Crippen LogP contribution in [0.1, 0.15) is 62.1 Å². The first kappa shape index (κ1) is 14.6. The van der Waals surface area contributed by atoms with Crippen LogP contribution in [0.25, 0.3) is 0 Å². The Labute approximate surface area is 127 Å². The second-order valence-corrected chi connectivity index (χ2v) is 6.43. The highest BCUT2D eigenvalue weighted by molar-refractivity contribution is 5.78. The molecule has 1 fully saturated rings. The van der Waals surface area contributed by atoms with Gasteiger partial charge in [-0.3, -0.25) is 4.79 Å². The van der Waals surface area contributed by atoms with E-state index < -0.39 is 0 Å². The highest BCUT2D eigenvalue weighted by Crippen LogP contribution is 2.30. The maximum absolute atomic E-state index is 12.1. The van der Waals surface area contributed by atoms with Crippen molar-refractivity contribution in [3.63, 3.8) is 0 Å². The number of carbonyl (C=O) groups is 1. The molecule has 0 saturated heterocycles. The van der Waals surface area contributed by atoms with Crippen molar-refractivity contribution < 1.29 is 4.79 Å². The summed E-state index contributed by atoms with van der Waals surface area (Å²) in [6, 6.07) is 9.31. The largest absolute Gasteiger partial charge is 0.352 e. The highest BCUT2D eigenvalue weighted by Gasteiger charge is 2.22. The molecule has 0 aromatic heterocycles. The zero-order valence-corrected chi connectivity index (χ0v) is 12.7. The Morgan fingerprint density at radius 3 is 2.62 bits per heavy atom. The van der Waals surface area contributed by atoms with E-state index in [1.54, 1.807) is 0 Å². The van der Waals surface area contributed by atoms with Crippen LogP contribution in [0.5, 0.6) is 0 Å². The van der Waals surface area contributed by atoms with Gasteiger partial charge in [-0.05, 0) is 36.8 Å². The maximum Gasteiger partial charge on any atom is 0.234 e. The van der Waals surface area contributed by atoms with Gasteiger partial charge in [0, 0.05) is 12.1 Å². The minimum Gasteiger partial charge on any atom is -0.352 e. The molecule has 2 aliphatic rings. The van der Waals surface area contributed by atoms with Crippen LogP contribution >= 0.6 is 0 Å². The van der Waals surface area contributed by atoms with E-state index in [1.165, 1.54) is 36.8 Å². The minimum absolute atomic E-state index is 0.159. The van der Waals surface area contributed by atoms with Gasteiger partial charge < -0.3 is 10.6 Å². The third kappa shape index (κ3) is 3.85. The van der Waals surface area contributed by atoms with Crippen LogP contribution in [0, 0.1) is 0 Å². The molecule has 21 heavy (non-hydrogen) atoms. The Kier molecular flexibility index (Phi) is 4.91. The Balaban J connectivity index is 1.46. The number of rotatable bonds is 4. The quantitative estimate of drug-likeness (QED) is 0.835. The maximum atomic E-state index is 12.1. The van der Waals surface area contributed by atoms with Crippen molar-refractivity contribution in [1.82, 2.24) is 10.6 Å². The zero-order chi connectivity index (χ0) is 14.5. The Bertz CT molecular complexity index is 478. The van der Waals surface area contributed by atoms with Gasteiger partial charge in [-0.1, -0.05) is 49.9 Å². The lowest BCUT2D eigenvalue weighted by Gasteiger charge is -2.18. The molecule has 1 aromatic rings. The molecule has 2 aliphatic carbocycles. The van der Waals surface area contributed by atoms with Gasteiger partial charge in [0.25, 0.3) is 0 Å². The van der Waals surface area contributed by atoms with Gasteiger partial charge in [0.1, 0.15) is 0 Å². The molecular formula is C18H26N2O. The summed E-state index contributed by atoms with van der Waals surface area (Å²) in [6.45, 7) is 0.440. The fourth-order valence-corrected chi connectivity index (χ4v) is 3.69. The lowest BCUT2D eigenvalue weighted by Crippen LogP contribution is -2.40. The third-order valence-corrected chi connectivity index (χ3v) is 4.86. The molecule has 3 heteroatoms. The van der Waals surface area contributed by atoms with Crippen molar-refractivity contribution in [2.75, 3.05) is 6.54 Å². The van der Waals surface area contributed by atoms with Crippen LogP contribution in [0.4, 0.5) is 0 Å². The number of benzene rings is 1. The second kappa shape index (κ2) is 7.08. The molecule has 1 aromatic carbocycles. The van der Waals surface area contributed by atoms with Crippen molar-refractivity contribution in [2.24, 2.45) is 0 Å². The van der Waals surface area contributed by atoms with Gasteiger partial charge in [-0.2, -0.15) is 0 Å². The highest BCUT2D eigenvalue weighted by atomic mass is 16.1. The molecule has 3 nitrogen and oxygen atoms in total. The normalized spacial score (nSPS) is 22.6. The van der Waals surface area contributed by atoms with Crippen molar-refractivity contribution in [2.45, 2.75) is 63.5 Å². The lowest BCUT2D eigenvalue weighted by molar-refractivity contribution is -0.121. The van der Waals surface area contributed by atoms with E-state index in [1.807, 2.05) is 0 Å². The van der Waals surface area contributed by atoms with E-state index in [0.29, 0.717) is 18.6 Å². The fourth-order valence-electron chi connectivity index (χ4n) is 3.69. The molecule has 2 N–H and O–H groups in total. The van der Waals surface area contributed by atoms with Gasteiger partial charge >= 0.3 is 0 Å². The number of aryl methyl sites for hydroxylation is 1. The van der Waals surface area contributed by atoms with Gasteiger partial charge in [0.05, 0.1) is 6.54 Å². The second-order valence-electron chi connectivity index (χ2n) is 6.43. The van der Waals surface area contributed by atoms with Crippen LogP contribution in [0.3, 0.4) is 0 Å². The Morgan fingerprint density at radius 1 is 1.05 bits per heavy atom. The van der Waals surface area contributed by atoms with E-state index in [9.17, 15) is 4.79 Å². The van der Waals surface area contributed by atoms with E-state index in [4.69, 9.17) is 0 Å². The lowest BCUT2D eigenvalue weighted by atomic mass is 10.1. The number of hydrogen-bond donors (Lipinski definition) is 2. The van der Waals surface area contributed by atoms with Crippen LogP contribution < -0.4 is 10.6 Å². The van der Waals surface area contributed by atoms with Crippen LogP contribution in [0.15, 0.2) is 24.3 Å². The number of fused-ring (bicyclic) bond motifs is 1. The zero-order valence-electron chi connectivity index (χ0n) is 12.7. The summed E-state index contributed by atoms with van der Waals surface area (Å²) < 4.78 is 0. The van der Waals surface area contributed by atoms with E-state index in [-0.39, 0.29) is 5.91 Å². The first-order valence-electron chi connectivity index (χ1n) is 8.43. The number of nitrogens with one attached hydrogen (secondary N) is 2. The van der Waals surface area contributed by atoms with E-state index in [0.717, 1.165) is 25.7 Å². The summed E-state index contributed by atoms with van der Waals surface area (Å²) in [5.74, 6) is 0.159. The molecule has 0 bridgehead atoms. The van der Waals surface area contributed by atoms with Crippen molar-refractivity contribution in [1.29, 1.82) is 0 Å². The standard InChI is InChI=1S/C18H26N2O/c21-18(20-15-8-3-1-2-4-9-15)13-19-17-12-11-14-7-5-6-10-16(14)17/h5-7,10,15,17,19H,1-4,8-9,11-13H2,(H,20,21). The summed E-state index contributed by atoms with van der Waals surface area (Å²) in [7, 11) is 0. The first-order chi connectivity index (χ1) is 10.3. The topological polar surface area (TPSA) is 41.1 Å². The van der Waals surface area contributed by atoms with Crippen molar-refractivity contribution in [3.8, 4) is 0 Å². The molecular weight excluding hydrogens is 260 g/mol. The molecule has 1 unspecified atom stereocenters. The monoisotopic (exact) mass is 286 g/mol. The molecule has 0 heterocycles. The SMILES string of the molecule is O=C(CNC1CCc2ccccc21)NC1CCCCCC1.